The SMILES string of the molecule is CCCNCC1COCCN1c1cc(OCC)ncn1. The Hall–Kier alpha value is -1.40. The van der Waals surface area contributed by atoms with E-state index in [1.165, 1.54) is 0 Å². The van der Waals surface area contributed by atoms with Crippen LogP contribution in [0.5, 0.6) is 5.88 Å². The molecule has 1 saturated heterocycles. The molecule has 112 valence electrons. The van der Waals surface area contributed by atoms with Gasteiger partial charge in [-0.25, -0.2) is 9.97 Å². The lowest BCUT2D eigenvalue weighted by molar-refractivity contribution is 0.0933. The van der Waals surface area contributed by atoms with E-state index in [-0.39, 0.29) is 0 Å². The van der Waals surface area contributed by atoms with Crippen molar-refractivity contribution in [3.63, 3.8) is 0 Å². The van der Waals surface area contributed by atoms with Gasteiger partial charge in [-0.2, -0.15) is 0 Å². The van der Waals surface area contributed by atoms with Gasteiger partial charge in [-0.1, -0.05) is 6.92 Å². The third kappa shape index (κ3) is 4.05. The zero-order valence-electron chi connectivity index (χ0n) is 12.3. The summed E-state index contributed by atoms with van der Waals surface area (Å²) in [6, 6.07) is 2.21. The summed E-state index contributed by atoms with van der Waals surface area (Å²) in [5.41, 5.74) is 0. The van der Waals surface area contributed by atoms with Crippen LogP contribution in [0.1, 0.15) is 20.3 Å². The van der Waals surface area contributed by atoms with Gasteiger partial charge in [0.05, 0.1) is 25.9 Å². The molecule has 0 bridgehead atoms. The van der Waals surface area contributed by atoms with Gasteiger partial charge in [-0.3, -0.25) is 0 Å². The Morgan fingerprint density at radius 1 is 1.45 bits per heavy atom. The van der Waals surface area contributed by atoms with E-state index in [0.29, 0.717) is 18.5 Å². The fraction of sp³-hybridized carbons (Fsp3) is 0.714. The molecule has 1 N–H and O–H groups in total. The van der Waals surface area contributed by atoms with Crippen LogP contribution in [0.4, 0.5) is 5.82 Å². The highest BCUT2D eigenvalue weighted by molar-refractivity contribution is 5.42. The highest BCUT2D eigenvalue weighted by atomic mass is 16.5. The van der Waals surface area contributed by atoms with Crippen LogP contribution >= 0.6 is 0 Å². The van der Waals surface area contributed by atoms with Crippen molar-refractivity contribution in [3.8, 4) is 5.88 Å². The minimum absolute atomic E-state index is 0.305. The second-order valence-electron chi connectivity index (χ2n) is 4.77. The summed E-state index contributed by atoms with van der Waals surface area (Å²) in [6.45, 7) is 8.97. The molecule has 2 rings (SSSR count). The first-order chi connectivity index (χ1) is 9.85. The summed E-state index contributed by atoms with van der Waals surface area (Å²) in [7, 11) is 0. The number of ether oxygens (including phenoxy) is 2. The number of nitrogens with one attached hydrogen (secondary N) is 1. The first-order valence-corrected chi connectivity index (χ1v) is 7.35. The van der Waals surface area contributed by atoms with Crippen LogP contribution in [0.3, 0.4) is 0 Å². The van der Waals surface area contributed by atoms with Gasteiger partial charge < -0.3 is 19.7 Å². The molecular weight excluding hydrogens is 256 g/mol. The van der Waals surface area contributed by atoms with Crippen molar-refractivity contribution in [1.29, 1.82) is 0 Å². The molecule has 20 heavy (non-hydrogen) atoms. The number of rotatable bonds is 7. The van der Waals surface area contributed by atoms with Crippen molar-refractivity contribution in [1.82, 2.24) is 15.3 Å². The number of morpholine rings is 1. The van der Waals surface area contributed by atoms with Gasteiger partial charge in [-0.05, 0) is 19.9 Å². The summed E-state index contributed by atoms with van der Waals surface area (Å²) in [5, 5.41) is 3.45. The third-order valence-corrected chi connectivity index (χ3v) is 3.25. The van der Waals surface area contributed by atoms with Crippen LogP contribution in [-0.2, 0) is 4.74 Å². The number of hydrogen-bond donors (Lipinski definition) is 1. The maximum atomic E-state index is 5.59. The minimum Gasteiger partial charge on any atom is -0.478 e. The van der Waals surface area contributed by atoms with E-state index in [2.05, 4.69) is 27.1 Å². The molecule has 0 radical (unpaired) electrons. The van der Waals surface area contributed by atoms with Gasteiger partial charge in [0.1, 0.15) is 12.1 Å². The van der Waals surface area contributed by atoms with E-state index in [1.54, 1.807) is 6.33 Å². The largest absolute Gasteiger partial charge is 0.478 e. The summed E-state index contributed by atoms with van der Waals surface area (Å²) < 4.78 is 11.0. The maximum absolute atomic E-state index is 5.59. The van der Waals surface area contributed by atoms with Crippen molar-refractivity contribution in [2.45, 2.75) is 26.3 Å². The molecule has 0 aliphatic carbocycles. The van der Waals surface area contributed by atoms with E-state index in [9.17, 15) is 0 Å². The lowest BCUT2D eigenvalue weighted by Crippen LogP contribution is -2.51. The summed E-state index contributed by atoms with van der Waals surface area (Å²) >= 11 is 0. The second-order valence-corrected chi connectivity index (χ2v) is 4.77. The van der Waals surface area contributed by atoms with Crippen LogP contribution < -0.4 is 15.0 Å². The zero-order chi connectivity index (χ0) is 14.2. The molecule has 0 aromatic carbocycles. The summed E-state index contributed by atoms with van der Waals surface area (Å²) in [6.07, 6.45) is 2.70. The van der Waals surface area contributed by atoms with Gasteiger partial charge in [0, 0.05) is 19.2 Å². The molecule has 1 aliphatic heterocycles. The van der Waals surface area contributed by atoms with E-state index in [4.69, 9.17) is 9.47 Å². The molecule has 0 spiro atoms. The first-order valence-electron chi connectivity index (χ1n) is 7.35. The average Bonchev–Trinajstić information content (AvgIpc) is 2.49. The smallest absolute Gasteiger partial charge is 0.218 e. The van der Waals surface area contributed by atoms with Gasteiger partial charge in [-0.15, -0.1) is 0 Å². The highest BCUT2D eigenvalue weighted by Gasteiger charge is 2.24. The number of hydrogen-bond acceptors (Lipinski definition) is 6. The average molecular weight is 280 g/mol. The lowest BCUT2D eigenvalue weighted by Gasteiger charge is -2.36. The molecule has 1 unspecified atom stereocenters. The minimum atomic E-state index is 0.305. The van der Waals surface area contributed by atoms with Crippen LogP contribution in [0.15, 0.2) is 12.4 Å². The molecule has 0 saturated carbocycles. The normalized spacial score (nSPS) is 19.1. The number of nitrogens with zero attached hydrogens (tertiary/aromatic N) is 3. The molecule has 1 aromatic heterocycles. The Morgan fingerprint density at radius 2 is 2.35 bits per heavy atom. The molecule has 1 fully saturated rings. The van der Waals surface area contributed by atoms with Crippen LogP contribution in [0.25, 0.3) is 0 Å². The van der Waals surface area contributed by atoms with Crippen LogP contribution in [-0.4, -0.2) is 55.5 Å². The number of anilines is 1. The maximum Gasteiger partial charge on any atom is 0.218 e. The monoisotopic (exact) mass is 280 g/mol. The van der Waals surface area contributed by atoms with Gasteiger partial charge in [0.15, 0.2) is 0 Å². The Morgan fingerprint density at radius 3 is 3.15 bits per heavy atom. The van der Waals surface area contributed by atoms with Crippen molar-refractivity contribution >= 4 is 5.82 Å². The Bertz CT molecular complexity index is 403. The van der Waals surface area contributed by atoms with Crippen LogP contribution in [0, 0.1) is 0 Å². The van der Waals surface area contributed by atoms with Crippen molar-refractivity contribution in [2.24, 2.45) is 0 Å². The predicted molar refractivity (Wildman–Crippen MR) is 78.3 cm³/mol. The Kier molecular flexibility index (Phi) is 6.01. The summed E-state index contributed by atoms with van der Waals surface area (Å²) in [5.74, 6) is 1.54. The second kappa shape index (κ2) is 8.01. The summed E-state index contributed by atoms with van der Waals surface area (Å²) in [4.78, 5) is 10.8. The zero-order valence-corrected chi connectivity index (χ0v) is 12.3. The van der Waals surface area contributed by atoms with Gasteiger partial charge >= 0.3 is 0 Å². The predicted octanol–water partition coefficient (Wildman–Crippen LogP) is 1.08. The topological polar surface area (TPSA) is 59.5 Å². The quantitative estimate of drug-likeness (QED) is 0.754. The third-order valence-electron chi connectivity index (χ3n) is 3.25. The molecular formula is C14H24N4O2. The molecule has 6 nitrogen and oxygen atoms in total. The van der Waals surface area contributed by atoms with E-state index in [1.807, 2.05) is 13.0 Å². The molecule has 1 aromatic rings. The molecule has 0 amide bonds. The molecule has 2 heterocycles. The van der Waals surface area contributed by atoms with E-state index >= 15 is 0 Å². The van der Waals surface area contributed by atoms with Gasteiger partial charge in [0.25, 0.3) is 0 Å². The molecule has 6 heteroatoms. The molecule has 1 aliphatic rings. The number of aromatic nitrogens is 2. The van der Waals surface area contributed by atoms with E-state index in [0.717, 1.165) is 45.1 Å². The first kappa shape index (κ1) is 15.0. The lowest BCUT2D eigenvalue weighted by atomic mass is 10.2. The Balaban J connectivity index is 2.04. The standard InChI is InChI=1S/C14H24N4O2/c1-3-5-15-9-12-10-19-7-6-18(12)13-8-14(20-4-2)17-11-16-13/h8,11-12,15H,3-7,9-10H2,1-2H3. The van der Waals surface area contributed by atoms with E-state index < -0.39 is 0 Å². The fourth-order valence-corrected chi connectivity index (χ4v) is 2.28. The van der Waals surface area contributed by atoms with Crippen LogP contribution in [0.2, 0.25) is 0 Å². The van der Waals surface area contributed by atoms with Crippen molar-refractivity contribution < 1.29 is 9.47 Å². The fourth-order valence-electron chi connectivity index (χ4n) is 2.28. The highest BCUT2D eigenvalue weighted by Crippen LogP contribution is 2.20. The Labute approximate surface area is 120 Å². The van der Waals surface area contributed by atoms with Gasteiger partial charge in [0.2, 0.25) is 5.88 Å². The van der Waals surface area contributed by atoms with Crippen molar-refractivity contribution in [2.75, 3.05) is 44.4 Å². The molecule has 1 atom stereocenters. The van der Waals surface area contributed by atoms with Crippen molar-refractivity contribution in [3.05, 3.63) is 12.4 Å².